The Bertz CT molecular complexity index is 979. The number of ether oxygens (including phenoxy) is 1. The van der Waals surface area contributed by atoms with Gasteiger partial charge in [0.25, 0.3) is 0 Å². The zero-order valence-corrected chi connectivity index (χ0v) is 14.5. The second kappa shape index (κ2) is 7.07. The van der Waals surface area contributed by atoms with E-state index in [1.165, 1.54) is 19.3 Å². The molecule has 0 saturated heterocycles. The lowest BCUT2D eigenvalue weighted by atomic mass is 10.1. The summed E-state index contributed by atoms with van der Waals surface area (Å²) in [6.07, 6.45) is 2.91. The number of carbonyl (C=O) groups excluding carboxylic acids is 1. The summed E-state index contributed by atoms with van der Waals surface area (Å²) in [6.45, 7) is 2.23. The molecule has 0 saturated carbocycles. The molecule has 0 aliphatic heterocycles. The van der Waals surface area contributed by atoms with Crippen molar-refractivity contribution in [1.82, 2.24) is 9.78 Å². The Labute approximate surface area is 149 Å². The van der Waals surface area contributed by atoms with Gasteiger partial charge in [-0.1, -0.05) is 29.8 Å². The van der Waals surface area contributed by atoms with Crippen molar-refractivity contribution in [3.8, 4) is 0 Å². The highest BCUT2D eigenvalue weighted by Crippen LogP contribution is 2.23. The predicted molar refractivity (Wildman–Crippen MR) is 96.0 cm³/mol. The molecule has 0 radical (unpaired) electrons. The number of halogens is 2. The minimum absolute atomic E-state index is 0.259. The van der Waals surface area contributed by atoms with Crippen molar-refractivity contribution in [2.75, 3.05) is 7.11 Å². The van der Waals surface area contributed by atoms with E-state index in [2.05, 4.69) is 9.84 Å². The summed E-state index contributed by atoms with van der Waals surface area (Å²) in [6, 6.07) is 10.5. The zero-order valence-electron chi connectivity index (χ0n) is 13.8. The highest BCUT2D eigenvalue weighted by molar-refractivity contribution is 6.30. The molecule has 0 bridgehead atoms. The number of aromatic nitrogens is 2. The molecule has 3 aromatic rings. The molecular formula is C19H16ClFN2O2. The minimum atomic E-state index is -0.460. The van der Waals surface area contributed by atoms with Gasteiger partial charge in [-0.2, -0.15) is 5.10 Å². The molecule has 0 N–H and O–H groups in total. The van der Waals surface area contributed by atoms with Crippen molar-refractivity contribution in [2.45, 2.75) is 13.5 Å². The molecule has 0 unspecified atom stereocenters. The lowest BCUT2D eigenvalue weighted by Crippen LogP contribution is -2.04. The number of rotatable bonds is 4. The van der Waals surface area contributed by atoms with Crippen molar-refractivity contribution < 1.29 is 13.9 Å². The van der Waals surface area contributed by atoms with Crippen LogP contribution in [0.15, 0.2) is 42.5 Å². The fraction of sp³-hybridized carbons (Fsp3) is 0.158. The normalized spacial score (nSPS) is 11.4. The van der Waals surface area contributed by atoms with Gasteiger partial charge in [0.05, 0.1) is 24.9 Å². The Balaban J connectivity index is 2.06. The number of aryl methyl sites for hydroxylation is 1. The van der Waals surface area contributed by atoms with Crippen LogP contribution in [0.1, 0.15) is 16.8 Å². The van der Waals surface area contributed by atoms with Crippen LogP contribution in [0.4, 0.5) is 4.39 Å². The fourth-order valence-electron chi connectivity index (χ4n) is 2.58. The van der Waals surface area contributed by atoms with Gasteiger partial charge in [-0.15, -0.1) is 0 Å². The molecule has 0 spiro atoms. The predicted octanol–water partition coefficient (Wildman–Crippen LogP) is 4.37. The van der Waals surface area contributed by atoms with E-state index < -0.39 is 5.97 Å². The summed E-state index contributed by atoms with van der Waals surface area (Å²) in [5.41, 5.74) is 3.03. The summed E-state index contributed by atoms with van der Waals surface area (Å²) in [5, 5.41) is 5.74. The monoisotopic (exact) mass is 358 g/mol. The van der Waals surface area contributed by atoms with Crippen molar-refractivity contribution in [2.24, 2.45) is 0 Å². The van der Waals surface area contributed by atoms with Crippen LogP contribution < -0.4 is 0 Å². The molecule has 1 aromatic heterocycles. The molecular weight excluding hydrogens is 343 g/mol. The van der Waals surface area contributed by atoms with E-state index in [4.69, 9.17) is 11.6 Å². The Kier molecular flexibility index (Phi) is 4.86. The molecule has 0 amide bonds. The minimum Gasteiger partial charge on any atom is -0.466 e. The first-order valence-electron chi connectivity index (χ1n) is 7.65. The van der Waals surface area contributed by atoms with Gasteiger partial charge in [-0.05, 0) is 36.8 Å². The van der Waals surface area contributed by atoms with Crippen LogP contribution in [-0.2, 0) is 16.1 Å². The average molecular weight is 359 g/mol. The molecule has 1 heterocycles. The van der Waals surface area contributed by atoms with Crippen LogP contribution in [0, 0.1) is 12.7 Å². The fourth-order valence-corrected chi connectivity index (χ4v) is 2.74. The third kappa shape index (κ3) is 3.72. The molecule has 0 aliphatic carbocycles. The highest BCUT2D eigenvalue weighted by atomic mass is 35.5. The number of carbonyl (C=O) groups is 1. The van der Waals surface area contributed by atoms with Crippen LogP contribution in [0.3, 0.4) is 0 Å². The number of methoxy groups -OCH3 is 1. The first-order chi connectivity index (χ1) is 12.0. The van der Waals surface area contributed by atoms with Crippen LogP contribution in [0.25, 0.3) is 17.0 Å². The lowest BCUT2D eigenvalue weighted by Gasteiger charge is -2.06. The topological polar surface area (TPSA) is 44.1 Å². The summed E-state index contributed by atoms with van der Waals surface area (Å²) >= 11 is 5.81. The van der Waals surface area contributed by atoms with E-state index in [0.717, 1.165) is 16.5 Å². The number of nitrogens with zero attached hydrogens (tertiary/aromatic N) is 2. The Morgan fingerprint density at radius 1 is 1.32 bits per heavy atom. The smallest absolute Gasteiger partial charge is 0.330 e. The third-order valence-electron chi connectivity index (χ3n) is 3.85. The van der Waals surface area contributed by atoms with Gasteiger partial charge in [-0.3, -0.25) is 4.68 Å². The molecule has 3 rings (SSSR count). The van der Waals surface area contributed by atoms with Crippen molar-refractivity contribution in [3.05, 3.63) is 70.1 Å². The quantitative estimate of drug-likeness (QED) is 0.513. The number of hydrogen-bond acceptors (Lipinski definition) is 3. The first-order valence-corrected chi connectivity index (χ1v) is 8.03. The van der Waals surface area contributed by atoms with Gasteiger partial charge in [-0.25, -0.2) is 9.18 Å². The third-order valence-corrected chi connectivity index (χ3v) is 4.08. The molecule has 4 nitrogen and oxygen atoms in total. The van der Waals surface area contributed by atoms with Crippen molar-refractivity contribution >= 4 is 34.5 Å². The Morgan fingerprint density at radius 3 is 2.84 bits per heavy atom. The second-order valence-corrected chi connectivity index (χ2v) is 6.09. The van der Waals surface area contributed by atoms with Crippen LogP contribution in [0.2, 0.25) is 5.02 Å². The highest BCUT2D eigenvalue weighted by Gasteiger charge is 2.12. The molecule has 25 heavy (non-hydrogen) atoms. The van der Waals surface area contributed by atoms with Gasteiger partial charge >= 0.3 is 5.97 Å². The van der Waals surface area contributed by atoms with Crippen molar-refractivity contribution in [1.29, 1.82) is 0 Å². The van der Waals surface area contributed by atoms with E-state index >= 15 is 0 Å². The largest absolute Gasteiger partial charge is 0.466 e. The average Bonchev–Trinajstić information content (AvgIpc) is 2.92. The standard InChI is InChI=1S/C19H16ClFN2O2/c1-12-3-6-15-17(7-8-19(24)25-2)22-23(18(15)9-12)11-13-4-5-14(20)10-16(13)21/h3-10H,11H2,1-2H3/b8-7+. The van der Waals surface area contributed by atoms with E-state index in [1.54, 1.807) is 22.9 Å². The molecule has 0 atom stereocenters. The summed E-state index contributed by atoms with van der Waals surface area (Å²) in [7, 11) is 1.32. The molecule has 128 valence electrons. The van der Waals surface area contributed by atoms with Gasteiger partial charge in [0.15, 0.2) is 0 Å². The number of hydrogen-bond donors (Lipinski definition) is 0. The number of benzene rings is 2. The molecule has 6 heteroatoms. The van der Waals surface area contributed by atoms with Gasteiger partial charge in [0, 0.05) is 22.0 Å². The number of fused-ring (bicyclic) bond motifs is 1. The Hall–Kier alpha value is -2.66. The van der Waals surface area contributed by atoms with E-state index in [1.807, 2.05) is 25.1 Å². The van der Waals surface area contributed by atoms with Crippen LogP contribution >= 0.6 is 11.6 Å². The van der Waals surface area contributed by atoms with E-state index in [-0.39, 0.29) is 12.4 Å². The first kappa shape index (κ1) is 17.2. The van der Waals surface area contributed by atoms with E-state index in [9.17, 15) is 9.18 Å². The molecule has 2 aromatic carbocycles. The van der Waals surface area contributed by atoms with Gasteiger partial charge < -0.3 is 4.74 Å². The zero-order chi connectivity index (χ0) is 18.0. The van der Waals surface area contributed by atoms with Crippen LogP contribution in [0.5, 0.6) is 0 Å². The van der Waals surface area contributed by atoms with Gasteiger partial charge in [0.2, 0.25) is 0 Å². The number of esters is 1. The summed E-state index contributed by atoms with van der Waals surface area (Å²) in [4.78, 5) is 11.3. The maximum absolute atomic E-state index is 14.1. The van der Waals surface area contributed by atoms with E-state index in [0.29, 0.717) is 16.3 Å². The summed E-state index contributed by atoms with van der Waals surface area (Å²) in [5.74, 6) is -0.839. The molecule has 0 aliphatic rings. The van der Waals surface area contributed by atoms with Crippen LogP contribution in [-0.4, -0.2) is 22.9 Å². The SMILES string of the molecule is COC(=O)/C=C/c1nn(Cc2ccc(Cl)cc2F)c2cc(C)ccc12. The Morgan fingerprint density at radius 2 is 2.12 bits per heavy atom. The molecule has 0 fully saturated rings. The van der Waals surface area contributed by atoms with Crippen molar-refractivity contribution in [3.63, 3.8) is 0 Å². The maximum Gasteiger partial charge on any atom is 0.330 e. The lowest BCUT2D eigenvalue weighted by molar-refractivity contribution is -0.134. The maximum atomic E-state index is 14.1. The second-order valence-electron chi connectivity index (χ2n) is 5.66. The van der Waals surface area contributed by atoms with Gasteiger partial charge in [0.1, 0.15) is 5.82 Å². The summed E-state index contributed by atoms with van der Waals surface area (Å²) < 4.78 is 20.4.